The summed E-state index contributed by atoms with van der Waals surface area (Å²) in [4.78, 5) is 0.423. The molecule has 0 radical (unpaired) electrons. The number of aryl methyl sites for hydroxylation is 2. The molecule has 5 heteroatoms. The Morgan fingerprint density at radius 3 is 2.52 bits per heavy atom. The summed E-state index contributed by atoms with van der Waals surface area (Å²) in [6, 6.07) is 13.1. The Morgan fingerprint density at radius 1 is 0.960 bits per heavy atom. The van der Waals surface area contributed by atoms with Crippen molar-refractivity contribution in [3.63, 3.8) is 0 Å². The first kappa shape index (κ1) is 17.1. The highest BCUT2D eigenvalue weighted by molar-refractivity contribution is 7.89. The van der Waals surface area contributed by atoms with E-state index in [0.717, 1.165) is 37.7 Å². The summed E-state index contributed by atoms with van der Waals surface area (Å²) in [5.74, 6) is 0. The molecule has 4 rings (SSSR count). The van der Waals surface area contributed by atoms with E-state index in [1.54, 1.807) is 10.4 Å². The fourth-order valence-corrected chi connectivity index (χ4v) is 6.08. The highest BCUT2D eigenvalue weighted by Crippen LogP contribution is 2.39. The van der Waals surface area contributed by atoms with Crippen LogP contribution in [0.3, 0.4) is 0 Å². The number of hydrogen-bond acceptors (Lipinski definition) is 2. The number of fused-ring (bicyclic) bond motifs is 1. The molecular weight excluding hydrogens is 354 g/mol. The molecule has 1 aliphatic carbocycles. The van der Waals surface area contributed by atoms with Gasteiger partial charge in [0.2, 0.25) is 10.0 Å². The molecule has 1 unspecified atom stereocenters. The number of nitrogens with zero attached hydrogens (tertiary/aromatic N) is 1. The number of halogens is 1. The van der Waals surface area contributed by atoms with Crippen molar-refractivity contribution in [3.8, 4) is 0 Å². The van der Waals surface area contributed by atoms with E-state index >= 15 is 0 Å². The second-order valence-electron chi connectivity index (χ2n) is 6.93. The first-order chi connectivity index (χ1) is 12.1. The van der Waals surface area contributed by atoms with Crippen LogP contribution in [-0.4, -0.2) is 19.3 Å². The lowest BCUT2D eigenvalue weighted by atomic mass is 9.92. The van der Waals surface area contributed by atoms with Gasteiger partial charge in [-0.15, -0.1) is 0 Å². The molecular formula is C20H22ClNO2S. The SMILES string of the molecule is O=S(=O)(c1ccc2c(c1)CCCC2)N1CCCC1c1ccccc1Cl. The number of benzene rings is 2. The molecule has 1 heterocycles. The summed E-state index contributed by atoms with van der Waals surface area (Å²) >= 11 is 6.34. The Labute approximate surface area is 154 Å². The Morgan fingerprint density at radius 2 is 1.72 bits per heavy atom. The molecule has 0 N–H and O–H groups in total. The van der Waals surface area contributed by atoms with E-state index in [-0.39, 0.29) is 6.04 Å². The summed E-state index contributed by atoms with van der Waals surface area (Å²) in [5.41, 5.74) is 3.40. The topological polar surface area (TPSA) is 37.4 Å². The fraction of sp³-hybridized carbons (Fsp3) is 0.400. The van der Waals surface area contributed by atoms with Gasteiger partial charge in [-0.2, -0.15) is 4.31 Å². The van der Waals surface area contributed by atoms with Gasteiger partial charge in [0.25, 0.3) is 0 Å². The van der Waals surface area contributed by atoms with Crippen LogP contribution in [0.25, 0.3) is 0 Å². The first-order valence-electron chi connectivity index (χ1n) is 8.95. The number of rotatable bonds is 3. The van der Waals surface area contributed by atoms with E-state index in [1.807, 2.05) is 36.4 Å². The predicted molar refractivity (Wildman–Crippen MR) is 100 cm³/mol. The maximum absolute atomic E-state index is 13.3. The van der Waals surface area contributed by atoms with Crippen molar-refractivity contribution in [3.05, 3.63) is 64.2 Å². The lowest BCUT2D eigenvalue weighted by Gasteiger charge is -2.26. The van der Waals surface area contributed by atoms with Crippen LogP contribution in [0.5, 0.6) is 0 Å². The molecule has 0 spiro atoms. The van der Waals surface area contributed by atoms with Crippen LogP contribution in [0.15, 0.2) is 47.4 Å². The molecule has 0 saturated carbocycles. The molecule has 0 aromatic heterocycles. The zero-order valence-electron chi connectivity index (χ0n) is 14.1. The minimum atomic E-state index is -3.51. The van der Waals surface area contributed by atoms with Crippen LogP contribution in [0, 0.1) is 0 Å². The van der Waals surface area contributed by atoms with Crippen molar-refractivity contribution in [1.82, 2.24) is 4.31 Å². The quantitative estimate of drug-likeness (QED) is 0.776. The molecule has 2 aromatic rings. The Bertz CT molecular complexity index is 894. The third-order valence-corrected chi connectivity index (χ3v) is 7.64. The van der Waals surface area contributed by atoms with Gasteiger partial charge < -0.3 is 0 Å². The third-order valence-electron chi connectivity index (χ3n) is 5.39. The van der Waals surface area contributed by atoms with Crippen LogP contribution in [0.2, 0.25) is 5.02 Å². The molecule has 2 aliphatic rings. The minimum Gasteiger partial charge on any atom is -0.207 e. The zero-order valence-corrected chi connectivity index (χ0v) is 15.7. The summed E-state index contributed by atoms with van der Waals surface area (Å²) in [6.45, 7) is 0.551. The summed E-state index contributed by atoms with van der Waals surface area (Å²) < 4.78 is 28.2. The van der Waals surface area contributed by atoms with Crippen LogP contribution < -0.4 is 0 Å². The molecule has 132 valence electrons. The van der Waals surface area contributed by atoms with E-state index in [2.05, 4.69) is 0 Å². The van der Waals surface area contributed by atoms with Crippen LogP contribution in [-0.2, 0) is 22.9 Å². The lowest BCUT2D eigenvalue weighted by Crippen LogP contribution is -2.31. The molecule has 0 bridgehead atoms. The molecule has 25 heavy (non-hydrogen) atoms. The van der Waals surface area contributed by atoms with Crippen LogP contribution in [0.1, 0.15) is 48.4 Å². The molecule has 1 aliphatic heterocycles. The third kappa shape index (κ3) is 3.12. The molecule has 1 saturated heterocycles. The number of sulfonamides is 1. The van der Waals surface area contributed by atoms with Crippen molar-refractivity contribution < 1.29 is 8.42 Å². The van der Waals surface area contributed by atoms with Gasteiger partial charge in [-0.1, -0.05) is 35.9 Å². The maximum atomic E-state index is 13.3. The van der Waals surface area contributed by atoms with E-state index in [0.29, 0.717) is 16.5 Å². The maximum Gasteiger partial charge on any atom is 0.243 e. The van der Waals surface area contributed by atoms with Crippen LogP contribution in [0.4, 0.5) is 0 Å². The van der Waals surface area contributed by atoms with E-state index in [4.69, 9.17) is 11.6 Å². The minimum absolute atomic E-state index is 0.172. The second-order valence-corrected chi connectivity index (χ2v) is 9.23. The zero-order chi connectivity index (χ0) is 17.4. The van der Waals surface area contributed by atoms with Gasteiger partial charge in [-0.3, -0.25) is 0 Å². The molecule has 3 nitrogen and oxygen atoms in total. The Balaban J connectivity index is 1.71. The average molecular weight is 376 g/mol. The molecule has 2 aromatic carbocycles. The Hall–Kier alpha value is -1.36. The lowest BCUT2D eigenvalue weighted by molar-refractivity contribution is 0.396. The fourth-order valence-electron chi connectivity index (χ4n) is 4.09. The van der Waals surface area contributed by atoms with Gasteiger partial charge in [-0.25, -0.2) is 8.42 Å². The molecule has 0 amide bonds. The first-order valence-corrected chi connectivity index (χ1v) is 10.8. The largest absolute Gasteiger partial charge is 0.243 e. The van der Waals surface area contributed by atoms with Crippen LogP contribution >= 0.6 is 11.6 Å². The van der Waals surface area contributed by atoms with Crippen molar-refractivity contribution in [1.29, 1.82) is 0 Å². The summed E-state index contributed by atoms with van der Waals surface area (Å²) in [5, 5.41) is 0.639. The van der Waals surface area contributed by atoms with Crippen molar-refractivity contribution in [2.24, 2.45) is 0 Å². The van der Waals surface area contributed by atoms with Gasteiger partial charge in [0.1, 0.15) is 0 Å². The van der Waals surface area contributed by atoms with Crippen molar-refractivity contribution >= 4 is 21.6 Å². The molecule has 1 fully saturated rings. The van der Waals surface area contributed by atoms with Gasteiger partial charge in [0.15, 0.2) is 0 Å². The van der Waals surface area contributed by atoms with E-state index < -0.39 is 10.0 Å². The second kappa shape index (κ2) is 6.75. The smallest absolute Gasteiger partial charge is 0.207 e. The standard InChI is InChI=1S/C20H22ClNO2S/c21-19-9-4-3-8-18(19)20-10-5-13-22(20)25(23,24)17-12-11-15-6-1-2-7-16(15)14-17/h3-4,8-9,11-12,14,20H,1-2,5-7,10,13H2. The van der Waals surface area contributed by atoms with Gasteiger partial charge in [0.05, 0.1) is 10.9 Å². The normalized spacial score (nSPS) is 21.2. The summed E-state index contributed by atoms with van der Waals surface area (Å²) in [6.07, 6.45) is 6.05. The van der Waals surface area contributed by atoms with Gasteiger partial charge in [-0.05, 0) is 73.4 Å². The van der Waals surface area contributed by atoms with Gasteiger partial charge >= 0.3 is 0 Å². The number of hydrogen-bond donors (Lipinski definition) is 0. The summed E-state index contributed by atoms with van der Waals surface area (Å²) in [7, 11) is -3.51. The van der Waals surface area contributed by atoms with Crippen molar-refractivity contribution in [2.45, 2.75) is 49.5 Å². The highest BCUT2D eigenvalue weighted by atomic mass is 35.5. The Kier molecular flexibility index (Phi) is 4.61. The monoisotopic (exact) mass is 375 g/mol. The highest BCUT2D eigenvalue weighted by Gasteiger charge is 2.37. The van der Waals surface area contributed by atoms with E-state index in [9.17, 15) is 8.42 Å². The predicted octanol–water partition coefficient (Wildman–Crippen LogP) is 4.74. The van der Waals surface area contributed by atoms with Crippen molar-refractivity contribution in [2.75, 3.05) is 6.54 Å². The average Bonchev–Trinajstić information content (AvgIpc) is 3.12. The molecule has 1 atom stereocenters. The van der Waals surface area contributed by atoms with Gasteiger partial charge in [0, 0.05) is 11.6 Å². The van der Waals surface area contributed by atoms with E-state index in [1.165, 1.54) is 17.5 Å².